The Kier molecular flexibility index (Phi) is 7.14. The predicted octanol–water partition coefficient (Wildman–Crippen LogP) is 5.36. The van der Waals surface area contributed by atoms with Crippen molar-refractivity contribution in [2.45, 2.75) is 24.9 Å². The van der Waals surface area contributed by atoms with E-state index >= 15 is 0 Å². The van der Waals surface area contributed by atoms with E-state index in [1.165, 1.54) is 5.56 Å². The average Bonchev–Trinajstić information content (AvgIpc) is 2.79. The summed E-state index contributed by atoms with van der Waals surface area (Å²) in [5.41, 5.74) is 3.18. The maximum absolute atomic E-state index is 10.7. The molecule has 3 aromatic carbocycles. The van der Waals surface area contributed by atoms with E-state index < -0.39 is 6.10 Å². The highest BCUT2D eigenvalue weighted by atomic mass is 16.5. The van der Waals surface area contributed by atoms with Crippen molar-refractivity contribution in [3.63, 3.8) is 0 Å². The van der Waals surface area contributed by atoms with Gasteiger partial charge in [-0.25, -0.2) is 0 Å². The topological polar surface area (TPSA) is 47.9 Å². The molecule has 0 radical (unpaired) electrons. The zero-order valence-electron chi connectivity index (χ0n) is 17.2. The molecule has 0 aliphatic heterocycles. The predicted molar refractivity (Wildman–Crippen MR) is 115 cm³/mol. The molecule has 0 amide bonds. The van der Waals surface area contributed by atoms with Crippen LogP contribution in [-0.4, -0.2) is 26.4 Å². The Morgan fingerprint density at radius 3 is 1.66 bits per heavy atom. The maximum atomic E-state index is 10.7. The Hall–Kier alpha value is -2.98. The lowest BCUT2D eigenvalue weighted by Crippen LogP contribution is -2.07. The molecule has 3 aromatic rings. The molecule has 0 aliphatic rings. The van der Waals surface area contributed by atoms with Gasteiger partial charge >= 0.3 is 0 Å². The molecule has 0 heterocycles. The second-order valence-electron chi connectivity index (χ2n) is 6.93. The van der Waals surface area contributed by atoms with Gasteiger partial charge in [0.1, 0.15) is 0 Å². The number of aliphatic hydroxyl groups excluding tert-OH is 1. The highest BCUT2D eigenvalue weighted by Crippen LogP contribution is 2.42. The quantitative estimate of drug-likeness (QED) is 0.533. The Bertz CT molecular complexity index is 868. The first-order valence-corrected chi connectivity index (χ1v) is 9.75. The minimum Gasteiger partial charge on any atom is -0.493 e. The second-order valence-corrected chi connectivity index (χ2v) is 6.93. The molecular formula is C25H28O4. The van der Waals surface area contributed by atoms with Crippen LogP contribution < -0.4 is 14.2 Å². The molecule has 3 rings (SSSR count). The lowest BCUT2D eigenvalue weighted by molar-refractivity contribution is 0.163. The van der Waals surface area contributed by atoms with E-state index in [4.69, 9.17) is 14.2 Å². The minimum absolute atomic E-state index is 0.0864. The zero-order valence-corrected chi connectivity index (χ0v) is 17.2. The third-order valence-electron chi connectivity index (χ3n) is 5.20. The molecule has 0 saturated heterocycles. The van der Waals surface area contributed by atoms with Gasteiger partial charge in [0.05, 0.1) is 27.4 Å². The van der Waals surface area contributed by atoms with Crippen LogP contribution in [0.15, 0.2) is 72.8 Å². The van der Waals surface area contributed by atoms with E-state index in [2.05, 4.69) is 12.1 Å². The molecule has 0 bridgehead atoms. The highest BCUT2D eigenvalue weighted by Gasteiger charge is 2.21. The van der Waals surface area contributed by atoms with Crippen molar-refractivity contribution in [1.29, 1.82) is 0 Å². The number of hydrogen-bond donors (Lipinski definition) is 1. The Labute approximate surface area is 172 Å². The number of rotatable bonds is 9. The van der Waals surface area contributed by atoms with Gasteiger partial charge in [-0.2, -0.15) is 0 Å². The van der Waals surface area contributed by atoms with Crippen LogP contribution in [0.25, 0.3) is 0 Å². The van der Waals surface area contributed by atoms with Crippen LogP contribution in [0.5, 0.6) is 17.2 Å². The van der Waals surface area contributed by atoms with Crippen LogP contribution in [0.3, 0.4) is 0 Å². The standard InChI is InChI=1S/C25H28O4/c1-27-23-16-20(17-24(28-2)25(23)29-3)21(18-10-6-4-7-11-18)14-15-22(26)19-12-8-5-9-13-19/h4-13,16-17,21-22,26H,14-15H2,1-3H3. The number of aliphatic hydroxyl groups is 1. The molecule has 0 aromatic heterocycles. The number of hydrogen-bond acceptors (Lipinski definition) is 4. The van der Waals surface area contributed by atoms with Gasteiger partial charge in [0.15, 0.2) is 11.5 Å². The van der Waals surface area contributed by atoms with Crippen molar-refractivity contribution in [2.75, 3.05) is 21.3 Å². The smallest absolute Gasteiger partial charge is 0.203 e. The minimum atomic E-state index is -0.510. The summed E-state index contributed by atoms with van der Waals surface area (Å²) >= 11 is 0. The molecule has 0 aliphatic carbocycles. The van der Waals surface area contributed by atoms with E-state index in [1.54, 1.807) is 21.3 Å². The fourth-order valence-corrected chi connectivity index (χ4v) is 3.68. The highest BCUT2D eigenvalue weighted by molar-refractivity contribution is 5.55. The van der Waals surface area contributed by atoms with Crippen molar-refractivity contribution in [2.24, 2.45) is 0 Å². The molecule has 4 nitrogen and oxygen atoms in total. The van der Waals surface area contributed by atoms with E-state index in [0.29, 0.717) is 23.7 Å². The van der Waals surface area contributed by atoms with Crippen molar-refractivity contribution >= 4 is 0 Å². The van der Waals surface area contributed by atoms with Crippen LogP contribution in [0.2, 0.25) is 0 Å². The van der Waals surface area contributed by atoms with E-state index in [9.17, 15) is 5.11 Å². The van der Waals surface area contributed by atoms with Crippen LogP contribution in [-0.2, 0) is 0 Å². The fraction of sp³-hybridized carbons (Fsp3) is 0.280. The molecule has 0 fully saturated rings. The van der Waals surface area contributed by atoms with Crippen molar-refractivity contribution in [1.82, 2.24) is 0 Å². The van der Waals surface area contributed by atoms with Gasteiger partial charge in [-0.05, 0) is 41.7 Å². The lowest BCUT2D eigenvalue weighted by atomic mass is 9.85. The van der Waals surface area contributed by atoms with Gasteiger partial charge in [-0.1, -0.05) is 60.7 Å². The first-order chi connectivity index (χ1) is 14.2. The van der Waals surface area contributed by atoms with Crippen LogP contribution in [0.1, 0.15) is 41.6 Å². The van der Waals surface area contributed by atoms with Gasteiger partial charge in [0.2, 0.25) is 5.75 Å². The summed E-state index contributed by atoms with van der Waals surface area (Å²) in [5, 5.41) is 10.7. The number of ether oxygens (including phenoxy) is 3. The summed E-state index contributed by atoms with van der Waals surface area (Å²) in [6, 6.07) is 24.1. The third-order valence-corrected chi connectivity index (χ3v) is 5.20. The van der Waals surface area contributed by atoms with Gasteiger partial charge in [-0.15, -0.1) is 0 Å². The first kappa shape index (κ1) is 20.7. The average molecular weight is 392 g/mol. The van der Waals surface area contributed by atoms with Crippen molar-refractivity contribution in [3.8, 4) is 17.2 Å². The molecule has 4 heteroatoms. The zero-order chi connectivity index (χ0) is 20.6. The van der Waals surface area contributed by atoms with Crippen LogP contribution in [0, 0.1) is 0 Å². The summed E-state index contributed by atoms with van der Waals surface area (Å²) in [6.45, 7) is 0. The molecule has 0 spiro atoms. The van der Waals surface area contributed by atoms with Crippen LogP contribution >= 0.6 is 0 Å². The van der Waals surface area contributed by atoms with E-state index in [0.717, 1.165) is 17.5 Å². The van der Waals surface area contributed by atoms with Crippen molar-refractivity contribution < 1.29 is 19.3 Å². The molecule has 1 N–H and O–H groups in total. The largest absolute Gasteiger partial charge is 0.493 e. The molecular weight excluding hydrogens is 364 g/mol. The summed E-state index contributed by atoms with van der Waals surface area (Å²) < 4.78 is 16.6. The van der Waals surface area contributed by atoms with E-state index in [1.807, 2.05) is 60.7 Å². The molecule has 2 unspecified atom stereocenters. The lowest BCUT2D eigenvalue weighted by Gasteiger charge is -2.22. The van der Waals surface area contributed by atoms with Gasteiger partial charge < -0.3 is 19.3 Å². The SMILES string of the molecule is COc1cc(C(CCC(O)c2ccccc2)c2ccccc2)cc(OC)c1OC. The molecule has 29 heavy (non-hydrogen) atoms. The maximum Gasteiger partial charge on any atom is 0.203 e. The first-order valence-electron chi connectivity index (χ1n) is 9.75. The molecule has 152 valence electrons. The Morgan fingerprint density at radius 1 is 0.655 bits per heavy atom. The Balaban J connectivity index is 1.94. The van der Waals surface area contributed by atoms with E-state index in [-0.39, 0.29) is 5.92 Å². The van der Waals surface area contributed by atoms with Gasteiger partial charge in [0, 0.05) is 5.92 Å². The third kappa shape index (κ3) is 4.90. The normalized spacial score (nSPS) is 12.8. The molecule has 2 atom stereocenters. The number of methoxy groups -OCH3 is 3. The fourth-order valence-electron chi connectivity index (χ4n) is 3.68. The summed E-state index contributed by atoms with van der Waals surface area (Å²) in [6.07, 6.45) is 0.906. The molecule has 0 saturated carbocycles. The van der Waals surface area contributed by atoms with Crippen LogP contribution in [0.4, 0.5) is 0 Å². The summed E-state index contributed by atoms with van der Waals surface area (Å²) in [7, 11) is 4.85. The Morgan fingerprint density at radius 2 is 1.17 bits per heavy atom. The summed E-state index contributed by atoms with van der Waals surface area (Å²) in [5.74, 6) is 1.93. The van der Waals surface area contributed by atoms with Crippen molar-refractivity contribution in [3.05, 3.63) is 89.5 Å². The monoisotopic (exact) mass is 392 g/mol. The number of benzene rings is 3. The van der Waals surface area contributed by atoms with Gasteiger partial charge in [0.25, 0.3) is 0 Å². The second kappa shape index (κ2) is 9.99. The summed E-state index contributed by atoms with van der Waals surface area (Å²) in [4.78, 5) is 0. The van der Waals surface area contributed by atoms with Gasteiger partial charge in [-0.3, -0.25) is 0 Å².